The number of sulfonamides is 1. The molecule has 2 heterocycles. The molecular formula is C17H22N4O2S. The zero-order valence-electron chi connectivity index (χ0n) is 14.2. The van der Waals surface area contributed by atoms with Crippen molar-refractivity contribution in [2.75, 3.05) is 31.1 Å². The fourth-order valence-electron chi connectivity index (χ4n) is 3.09. The summed E-state index contributed by atoms with van der Waals surface area (Å²) in [6, 6.07) is 5.47. The van der Waals surface area contributed by atoms with Crippen molar-refractivity contribution in [3.05, 3.63) is 47.4 Å². The predicted molar refractivity (Wildman–Crippen MR) is 93.7 cm³/mol. The van der Waals surface area contributed by atoms with E-state index in [-0.39, 0.29) is 0 Å². The molecule has 0 saturated carbocycles. The number of hydrogen-bond donors (Lipinski definition) is 0. The number of benzene rings is 1. The number of nitrogens with zero attached hydrogens (tertiary/aromatic N) is 4. The van der Waals surface area contributed by atoms with Gasteiger partial charge in [-0.25, -0.2) is 18.4 Å². The van der Waals surface area contributed by atoms with Crippen molar-refractivity contribution in [2.45, 2.75) is 25.7 Å². The third-order valence-corrected chi connectivity index (χ3v) is 6.41. The van der Waals surface area contributed by atoms with E-state index in [0.29, 0.717) is 31.1 Å². The normalized spacial score (nSPS) is 16.4. The highest BCUT2D eigenvalue weighted by Gasteiger charge is 2.30. The number of hydrogen-bond acceptors (Lipinski definition) is 5. The first-order chi connectivity index (χ1) is 11.4. The van der Waals surface area contributed by atoms with Crippen LogP contribution in [-0.2, 0) is 10.0 Å². The number of rotatable bonds is 3. The molecule has 3 rings (SSSR count). The maximum atomic E-state index is 12.9. The van der Waals surface area contributed by atoms with Gasteiger partial charge in [0.1, 0.15) is 12.1 Å². The first kappa shape index (κ1) is 16.9. The maximum absolute atomic E-state index is 12.9. The lowest BCUT2D eigenvalue weighted by molar-refractivity contribution is 0.383. The molecule has 1 aliphatic rings. The minimum Gasteiger partial charge on any atom is -0.354 e. The van der Waals surface area contributed by atoms with Crippen LogP contribution in [0.1, 0.15) is 16.7 Å². The van der Waals surface area contributed by atoms with E-state index in [4.69, 9.17) is 0 Å². The average Bonchev–Trinajstić information content (AvgIpc) is 2.55. The van der Waals surface area contributed by atoms with E-state index < -0.39 is 10.0 Å². The van der Waals surface area contributed by atoms with Crippen LogP contribution in [0.2, 0.25) is 0 Å². The minimum atomic E-state index is -3.45. The molecule has 24 heavy (non-hydrogen) atoms. The van der Waals surface area contributed by atoms with Gasteiger partial charge in [-0.2, -0.15) is 4.31 Å². The molecule has 1 aliphatic heterocycles. The molecule has 7 heteroatoms. The summed E-state index contributed by atoms with van der Waals surface area (Å²) in [7, 11) is -3.45. The summed E-state index contributed by atoms with van der Waals surface area (Å²) in [6.07, 6.45) is 3.31. The van der Waals surface area contributed by atoms with Crippen LogP contribution in [0.4, 0.5) is 5.82 Å². The van der Waals surface area contributed by atoms with Gasteiger partial charge in [-0.15, -0.1) is 0 Å². The summed E-state index contributed by atoms with van der Waals surface area (Å²) in [6.45, 7) is 7.95. The van der Waals surface area contributed by atoms with E-state index in [1.807, 2.05) is 32.9 Å². The van der Waals surface area contributed by atoms with Crippen LogP contribution in [0.25, 0.3) is 0 Å². The highest BCUT2D eigenvalue weighted by molar-refractivity contribution is 7.89. The lowest BCUT2D eigenvalue weighted by Crippen LogP contribution is -2.49. The zero-order valence-corrected chi connectivity index (χ0v) is 15.0. The van der Waals surface area contributed by atoms with Gasteiger partial charge in [0.25, 0.3) is 0 Å². The van der Waals surface area contributed by atoms with Gasteiger partial charge in [0.05, 0.1) is 4.90 Å². The molecule has 0 aliphatic carbocycles. The van der Waals surface area contributed by atoms with Crippen molar-refractivity contribution < 1.29 is 8.42 Å². The molecule has 0 atom stereocenters. The summed E-state index contributed by atoms with van der Waals surface area (Å²) in [4.78, 5) is 10.8. The molecule has 1 aromatic carbocycles. The van der Waals surface area contributed by atoms with Crippen molar-refractivity contribution in [1.29, 1.82) is 0 Å². The van der Waals surface area contributed by atoms with Crippen molar-refractivity contribution in [3.8, 4) is 0 Å². The zero-order chi connectivity index (χ0) is 17.3. The average molecular weight is 346 g/mol. The standard InChI is InChI=1S/C17H22N4O2S/c1-13-4-5-16(14(2)10-13)24(22,23)21-8-6-20(7-9-21)17-15(3)11-18-12-19-17/h4-5,10-12H,6-9H2,1-3H3. The topological polar surface area (TPSA) is 66.4 Å². The molecular weight excluding hydrogens is 324 g/mol. The van der Waals surface area contributed by atoms with Crippen LogP contribution in [0.15, 0.2) is 35.6 Å². The fourth-order valence-corrected chi connectivity index (χ4v) is 4.72. The Morgan fingerprint density at radius 1 is 1.00 bits per heavy atom. The van der Waals surface area contributed by atoms with Gasteiger partial charge in [-0.05, 0) is 32.4 Å². The lowest BCUT2D eigenvalue weighted by Gasteiger charge is -2.35. The minimum absolute atomic E-state index is 0.403. The Balaban J connectivity index is 1.78. The molecule has 1 aromatic heterocycles. The van der Waals surface area contributed by atoms with Crippen LogP contribution in [0.3, 0.4) is 0 Å². The van der Waals surface area contributed by atoms with E-state index in [2.05, 4.69) is 14.9 Å². The van der Waals surface area contributed by atoms with Crippen LogP contribution in [0.5, 0.6) is 0 Å². The molecule has 0 N–H and O–H groups in total. The quantitative estimate of drug-likeness (QED) is 0.849. The highest BCUT2D eigenvalue weighted by Crippen LogP contribution is 2.24. The predicted octanol–water partition coefficient (Wildman–Crippen LogP) is 1.91. The second-order valence-corrected chi connectivity index (χ2v) is 8.10. The van der Waals surface area contributed by atoms with Crippen molar-refractivity contribution in [3.63, 3.8) is 0 Å². The third-order valence-electron chi connectivity index (χ3n) is 4.35. The summed E-state index contributed by atoms with van der Waals surface area (Å²) < 4.78 is 27.4. The first-order valence-electron chi connectivity index (χ1n) is 7.98. The molecule has 0 amide bonds. The summed E-state index contributed by atoms with van der Waals surface area (Å²) >= 11 is 0. The van der Waals surface area contributed by atoms with E-state index in [9.17, 15) is 8.42 Å². The Morgan fingerprint density at radius 2 is 1.71 bits per heavy atom. The van der Waals surface area contributed by atoms with Crippen LogP contribution in [-0.4, -0.2) is 48.9 Å². The Labute approximate surface area is 143 Å². The summed E-state index contributed by atoms with van der Waals surface area (Å²) in [5.74, 6) is 0.883. The van der Waals surface area contributed by atoms with Gasteiger partial charge < -0.3 is 4.90 Å². The largest absolute Gasteiger partial charge is 0.354 e. The maximum Gasteiger partial charge on any atom is 0.243 e. The molecule has 2 aromatic rings. The number of piperazine rings is 1. The van der Waals surface area contributed by atoms with Gasteiger partial charge in [-0.1, -0.05) is 17.7 Å². The van der Waals surface area contributed by atoms with E-state index >= 15 is 0 Å². The van der Waals surface area contributed by atoms with E-state index in [1.165, 1.54) is 6.33 Å². The Morgan fingerprint density at radius 3 is 2.33 bits per heavy atom. The third kappa shape index (κ3) is 3.14. The molecule has 1 saturated heterocycles. The van der Waals surface area contributed by atoms with Gasteiger partial charge in [0.15, 0.2) is 0 Å². The van der Waals surface area contributed by atoms with Gasteiger partial charge >= 0.3 is 0 Å². The first-order valence-corrected chi connectivity index (χ1v) is 9.42. The molecule has 0 unspecified atom stereocenters. The molecule has 0 spiro atoms. The highest BCUT2D eigenvalue weighted by atomic mass is 32.2. The number of aromatic nitrogens is 2. The van der Waals surface area contributed by atoms with Crippen LogP contribution in [0, 0.1) is 20.8 Å². The monoisotopic (exact) mass is 346 g/mol. The van der Waals surface area contributed by atoms with E-state index in [1.54, 1.807) is 16.6 Å². The smallest absolute Gasteiger partial charge is 0.243 e. The second kappa shape index (κ2) is 6.49. The SMILES string of the molecule is Cc1ccc(S(=O)(=O)N2CCN(c3ncncc3C)CC2)c(C)c1. The van der Waals surface area contributed by atoms with Gasteiger partial charge in [0, 0.05) is 37.9 Å². The molecule has 6 nitrogen and oxygen atoms in total. The van der Waals surface area contributed by atoms with Crippen molar-refractivity contribution >= 4 is 15.8 Å². The number of aryl methyl sites for hydroxylation is 3. The van der Waals surface area contributed by atoms with Gasteiger partial charge in [0.2, 0.25) is 10.0 Å². The molecule has 1 fully saturated rings. The van der Waals surface area contributed by atoms with Crippen molar-refractivity contribution in [2.24, 2.45) is 0 Å². The summed E-state index contributed by atoms with van der Waals surface area (Å²) in [5, 5.41) is 0. The Hall–Kier alpha value is -1.99. The van der Waals surface area contributed by atoms with Crippen LogP contribution < -0.4 is 4.90 Å². The summed E-state index contributed by atoms with van der Waals surface area (Å²) in [5.41, 5.74) is 2.86. The number of anilines is 1. The van der Waals surface area contributed by atoms with Gasteiger partial charge in [-0.3, -0.25) is 0 Å². The lowest BCUT2D eigenvalue weighted by atomic mass is 10.2. The van der Waals surface area contributed by atoms with Crippen LogP contribution >= 0.6 is 0 Å². The fraction of sp³-hybridized carbons (Fsp3) is 0.412. The Bertz CT molecular complexity index is 843. The molecule has 0 bridgehead atoms. The van der Waals surface area contributed by atoms with Crippen molar-refractivity contribution in [1.82, 2.24) is 14.3 Å². The molecule has 0 radical (unpaired) electrons. The Kier molecular flexibility index (Phi) is 4.56. The second-order valence-electron chi connectivity index (χ2n) is 6.19. The molecule has 128 valence electrons. The van der Waals surface area contributed by atoms with E-state index in [0.717, 1.165) is 22.5 Å².